The average Bonchev–Trinajstić information content (AvgIpc) is 3.18. The van der Waals surface area contributed by atoms with Crippen LogP contribution < -0.4 is 10.6 Å². The largest absolute Gasteiger partial charge is 0.466 e. The van der Waals surface area contributed by atoms with Gasteiger partial charge < -0.3 is 20.2 Å². The molecule has 7 heteroatoms. The van der Waals surface area contributed by atoms with Gasteiger partial charge in [-0.2, -0.15) is 5.10 Å². The number of hydrogen-bond acceptors (Lipinski definition) is 4. The van der Waals surface area contributed by atoms with Crippen molar-refractivity contribution in [2.45, 2.75) is 45.8 Å². The molecule has 0 aromatic carbocycles. The predicted molar refractivity (Wildman–Crippen MR) is 90.5 cm³/mol. The molecule has 24 heavy (non-hydrogen) atoms. The number of urea groups is 1. The van der Waals surface area contributed by atoms with Gasteiger partial charge in [0.25, 0.3) is 0 Å². The number of hydrogen-bond donors (Lipinski definition) is 3. The van der Waals surface area contributed by atoms with Gasteiger partial charge in [-0.3, -0.25) is 4.68 Å². The van der Waals surface area contributed by atoms with Gasteiger partial charge in [0, 0.05) is 24.8 Å². The van der Waals surface area contributed by atoms with Gasteiger partial charge in [0.1, 0.15) is 11.4 Å². The summed E-state index contributed by atoms with van der Waals surface area (Å²) in [7, 11) is 1.92. The fourth-order valence-electron chi connectivity index (χ4n) is 2.75. The SMILES string of the molecule is CCc1nn(C)c(CC)c1CNC(=O)NCC(C)(O)c1ccco1. The summed E-state index contributed by atoms with van der Waals surface area (Å²) in [6.45, 7) is 6.18. The first-order chi connectivity index (χ1) is 11.4. The number of amides is 2. The zero-order valence-electron chi connectivity index (χ0n) is 14.7. The van der Waals surface area contributed by atoms with Crippen LogP contribution in [0, 0.1) is 0 Å². The summed E-state index contributed by atoms with van der Waals surface area (Å²) in [6.07, 6.45) is 3.17. The number of furan rings is 1. The Bertz CT molecular complexity index is 674. The third-order valence-corrected chi connectivity index (χ3v) is 4.10. The van der Waals surface area contributed by atoms with Gasteiger partial charge in [0.2, 0.25) is 0 Å². The lowest BCUT2D eigenvalue weighted by Crippen LogP contribution is -2.43. The van der Waals surface area contributed by atoms with E-state index in [0.29, 0.717) is 12.3 Å². The number of carbonyl (C=O) groups is 1. The molecule has 0 aliphatic heterocycles. The lowest BCUT2D eigenvalue weighted by Gasteiger charge is -2.21. The van der Waals surface area contributed by atoms with Crippen LogP contribution in [0.15, 0.2) is 22.8 Å². The second-order valence-electron chi connectivity index (χ2n) is 5.99. The van der Waals surface area contributed by atoms with Crippen LogP contribution in [0.1, 0.15) is 43.5 Å². The molecular weight excluding hydrogens is 308 g/mol. The van der Waals surface area contributed by atoms with Crippen molar-refractivity contribution < 1.29 is 14.3 Å². The lowest BCUT2D eigenvalue weighted by molar-refractivity contribution is 0.0367. The molecule has 0 fully saturated rings. The van der Waals surface area contributed by atoms with E-state index in [4.69, 9.17) is 4.42 Å². The Hall–Kier alpha value is -2.28. The maximum Gasteiger partial charge on any atom is 0.315 e. The second kappa shape index (κ2) is 7.53. The number of carbonyl (C=O) groups excluding carboxylic acids is 1. The second-order valence-corrected chi connectivity index (χ2v) is 5.99. The van der Waals surface area contributed by atoms with Gasteiger partial charge in [0.15, 0.2) is 0 Å². The molecule has 2 heterocycles. The van der Waals surface area contributed by atoms with Gasteiger partial charge in [-0.1, -0.05) is 13.8 Å². The average molecular weight is 334 g/mol. The van der Waals surface area contributed by atoms with Crippen molar-refractivity contribution in [3.8, 4) is 0 Å². The Labute approximate surface area is 142 Å². The molecule has 0 saturated heterocycles. The highest BCUT2D eigenvalue weighted by Crippen LogP contribution is 2.19. The molecule has 0 aliphatic rings. The topological polar surface area (TPSA) is 92.3 Å². The highest BCUT2D eigenvalue weighted by molar-refractivity contribution is 5.74. The van der Waals surface area contributed by atoms with Crippen LogP contribution in [0.4, 0.5) is 4.79 Å². The highest BCUT2D eigenvalue weighted by Gasteiger charge is 2.26. The Morgan fingerprint density at radius 2 is 2.12 bits per heavy atom. The molecule has 2 aromatic heterocycles. The van der Waals surface area contributed by atoms with E-state index in [1.165, 1.54) is 6.26 Å². The van der Waals surface area contributed by atoms with Crippen molar-refractivity contribution in [3.63, 3.8) is 0 Å². The third kappa shape index (κ3) is 3.97. The van der Waals surface area contributed by atoms with Gasteiger partial charge in [-0.05, 0) is 31.9 Å². The van der Waals surface area contributed by atoms with E-state index in [-0.39, 0.29) is 12.6 Å². The van der Waals surface area contributed by atoms with Crippen LogP contribution in [0.2, 0.25) is 0 Å². The number of nitrogens with zero attached hydrogens (tertiary/aromatic N) is 2. The Morgan fingerprint density at radius 3 is 2.71 bits per heavy atom. The molecule has 132 valence electrons. The molecule has 0 spiro atoms. The molecular formula is C17H26N4O3. The lowest BCUT2D eigenvalue weighted by atomic mass is 10.0. The first kappa shape index (κ1) is 18.1. The normalized spacial score (nSPS) is 13.5. The van der Waals surface area contributed by atoms with Crippen LogP contribution >= 0.6 is 0 Å². The maximum absolute atomic E-state index is 12.0. The van der Waals surface area contributed by atoms with Crippen LogP contribution in [0.3, 0.4) is 0 Å². The summed E-state index contributed by atoms with van der Waals surface area (Å²) < 4.78 is 7.06. The van der Waals surface area contributed by atoms with Crippen molar-refractivity contribution in [2.75, 3.05) is 6.54 Å². The third-order valence-electron chi connectivity index (χ3n) is 4.10. The minimum atomic E-state index is -1.25. The fourth-order valence-corrected chi connectivity index (χ4v) is 2.75. The molecule has 0 bridgehead atoms. The molecule has 0 aliphatic carbocycles. The van der Waals surface area contributed by atoms with Crippen LogP contribution in [0.5, 0.6) is 0 Å². The Kier molecular flexibility index (Phi) is 5.66. The smallest absolute Gasteiger partial charge is 0.315 e. The van der Waals surface area contributed by atoms with Gasteiger partial charge in [-0.25, -0.2) is 4.79 Å². The molecule has 0 saturated carbocycles. The van der Waals surface area contributed by atoms with Crippen molar-refractivity contribution >= 4 is 6.03 Å². The van der Waals surface area contributed by atoms with Crippen molar-refractivity contribution in [2.24, 2.45) is 7.05 Å². The van der Waals surface area contributed by atoms with Gasteiger partial charge in [0.05, 0.1) is 18.5 Å². The van der Waals surface area contributed by atoms with Crippen molar-refractivity contribution in [1.82, 2.24) is 20.4 Å². The van der Waals surface area contributed by atoms with E-state index in [2.05, 4.69) is 22.7 Å². The van der Waals surface area contributed by atoms with Crippen LogP contribution in [-0.4, -0.2) is 27.5 Å². The van der Waals surface area contributed by atoms with Crippen molar-refractivity contribution in [3.05, 3.63) is 41.1 Å². The summed E-state index contributed by atoms with van der Waals surface area (Å²) in [5, 5.41) is 20.3. The van der Waals surface area contributed by atoms with E-state index in [9.17, 15) is 9.90 Å². The number of aliphatic hydroxyl groups is 1. The molecule has 2 rings (SSSR count). The number of nitrogens with one attached hydrogen (secondary N) is 2. The zero-order chi connectivity index (χ0) is 17.7. The Balaban J connectivity index is 1.92. The van der Waals surface area contributed by atoms with E-state index >= 15 is 0 Å². The molecule has 1 atom stereocenters. The zero-order valence-corrected chi connectivity index (χ0v) is 14.7. The van der Waals surface area contributed by atoms with E-state index in [1.54, 1.807) is 19.1 Å². The summed E-state index contributed by atoms with van der Waals surface area (Å²) in [5.74, 6) is 0.414. The molecule has 2 aromatic rings. The van der Waals surface area contributed by atoms with E-state index in [0.717, 1.165) is 29.8 Å². The quantitative estimate of drug-likeness (QED) is 0.720. The predicted octanol–water partition coefficient (Wildman–Crippen LogP) is 1.84. The summed E-state index contributed by atoms with van der Waals surface area (Å²) in [5.41, 5.74) is 1.93. The van der Waals surface area contributed by atoms with E-state index < -0.39 is 5.60 Å². The van der Waals surface area contributed by atoms with Crippen LogP contribution in [0.25, 0.3) is 0 Å². The molecule has 3 N–H and O–H groups in total. The summed E-state index contributed by atoms with van der Waals surface area (Å²) in [4.78, 5) is 12.0. The first-order valence-electron chi connectivity index (χ1n) is 8.20. The minimum Gasteiger partial charge on any atom is -0.466 e. The monoisotopic (exact) mass is 334 g/mol. The molecule has 0 radical (unpaired) electrons. The fraction of sp³-hybridized carbons (Fsp3) is 0.529. The van der Waals surface area contributed by atoms with E-state index in [1.807, 2.05) is 18.7 Å². The molecule has 7 nitrogen and oxygen atoms in total. The number of rotatable bonds is 7. The van der Waals surface area contributed by atoms with Crippen LogP contribution in [-0.2, 0) is 32.0 Å². The van der Waals surface area contributed by atoms with Crippen molar-refractivity contribution in [1.29, 1.82) is 0 Å². The summed E-state index contributed by atoms with van der Waals surface area (Å²) >= 11 is 0. The van der Waals surface area contributed by atoms with Gasteiger partial charge >= 0.3 is 6.03 Å². The minimum absolute atomic E-state index is 0.0562. The standard InChI is InChI=1S/C17H26N4O3/c1-5-13-12(14(6-2)21(4)20-13)10-18-16(22)19-11-17(3,23)15-8-7-9-24-15/h7-9,23H,5-6,10-11H2,1-4H3,(H2,18,19,22). The molecule has 2 amide bonds. The maximum atomic E-state index is 12.0. The first-order valence-corrected chi connectivity index (χ1v) is 8.20. The molecule has 1 unspecified atom stereocenters. The Morgan fingerprint density at radius 1 is 1.38 bits per heavy atom. The number of aryl methyl sites for hydroxylation is 2. The van der Waals surface area contributed by atoms with Gasteiger partial charge in [-0.15, -0.1) is 0 Å². The summed E-state index contributed by atoms with van der Waals surface area (Å²) in [6, 6.07) is 3.04. The highest BCUT2D eigenvalue weighted by atomic mass is 16.4. The number of aromatic nitrogens is 2.